The first-order chi connectivity index (χ1) is 15.2. The molecule has 0 radical (unpaired) electrons. The molecule has 1 aromatic heterocycles. The molecule has 1 saturated heterocycles. The number of hydrogen-bond donors (Lipinski definition) is 3. The topological polar surface area (TPSA) is 90.3 Å². The second kappa shape index (κ2) is 11.8. The molecule has 0 spiro atoms. The van der Waals surface area contributed by atoms with Crippen LogP contribution in [0, 0.1) is 5.41 Å². The van der Waals surface area contributed by atoms with Gasteiger partial charge in [0.2, 0.25) is 5.91 Å². The first-order valence-corrected chi connectivity index (χ1v) is 10.5. The van der Waals surface area contributed by atoms with Gasteiger partial charge in [-0.2, -0.15) is 0 Å². The molecule has 2 heterocycles. The van der Waals surface area contributed by atoms with E-state index < -0.39 is 0 Å². The molecule has 1 fully saturated rings. The lowest BCUT2D eigenvalue weighted by Gasteiger charge is -2.26. The second-order valence-corrected chi connectivity index (χ2v) is 7.17. The molecule has 7 nitrogen and oxygen atoms in total. The van der Waals surface area contributed by atoms with Crippen molar-refractivity contribution in [2.45, 2.75) is 13.5 Å². The monoisotopic (exact) mass is 419 g/mol. The highest BCUT2D eigenvalue weighted by atomic mass is 16.5. The lowest BCUT2D eigenvalue weighted by molar-refractivity contribution is -0.111. The maximum atomic E-state index is 12.4. The van der Waals surface area contributed by atoms with Crippen molar-refractivity contribution in [2.24, 2.45) is 0 Å². The van der Waals surface area contributed by atoms with E-state index in [1.54, 1.807) is 24.7 Å². The molecule has 1 amide bonds. The summed E-state index contributed by atoms with van der Waals surface area (Å²) in [4.78, 5) is 18.9. The third kappa shape index (κ3) is 6.87. The Morgan fingerprint density at radius 2 is 2.00 bits per heavy atom. The van der Waals surface area contributed by atoms with Crippen molar-refractivity contribution in [3.8, 4) is 0 Å². The quantitative estimate of drug-likeness (QED) is 0.429. The number of hydrogen-bond acceptors (Lipinski definition) is 6. The number of carbonyl (C=O) groups excluding carboxylic acids is 1. The number of nitrogens with zero attached hydrogens (tertiary/aromatic N) is 2. The highest BCUT2D eigenvalue weighted by Gasteiger charge is 2.10. The predicted octanol–water partition coefficient (Wildman–Crippen LogP) is 3.17. The second-order valence-electron chi connectivity index (χ2n) is 7.17. The number of pyridine rings is 1. The summed E-state index contributed by atoms with van der Waals surface area (Å²) in [6, 6.07) is 9.75. The van der Waals surface area contributed by atoms with E-state index in [-0.39, 0.29) is 5.91 Å². The Labute approximate surface area is 183 Å². The lowest BCUT2D eigenvalue weighted by Crippen LogP contribution is -2.35. The summed E-state index contributed by atoms with van der Waals surface area (Å²) in [5, 5.41) is 13.7. The normalized spacial score (nSPS) is 15.1. The fourth-order valence-electron chi connectivity index (χ4n) is 3.27. The Kier molecular flexibility index (Phi) is 8.51. The number of nitrogens with one attached hydrogen (secondary N) is 3. The van der Waals surface area contributed by atoms with Gasteiger partial charge in [-0.25, -0.2) is 0 Å². The standard InChI is InChI=1S/C24H29N5O2/c1-2-26-17-21(15-25)23-9-10-27-16-20(23)5-8-24(30)28-22-6-3-19(4-7-22)18-29-11-13-31-14-12-29/h3-10,15-17,25-26H,2,11-14,18H2,1H3,(H,28,30)/b8-5+,21-17+,25-15?. The SMILES string of the molecule is CCN/C=C(\C=N)c1ccncc1/C=C/C(=O)Nc1ccc(CN2CCOCC2)cc1. The number of amides is 1. The molecule has 1 aliphatic heterocycles. The van der Waals surface area contributed by atoms with E-state index in [9.17, 15) is 4.79 Å². The summed E-state index contributed by atoms with van der Waals surface area (Å²) >= 11 is 0. The first kappa shape index (κ1) is 22.4. The number of benzene rings is 1. The Balaban J connectivity index is 1.61. The van der Waals surface area contributed by atoms with Gasteiger partial charge in [-0.05, 0) is 42.3 Å². The number of rotatable bonds is 9. The zero-order valence-electron chi connectivity index (χ0n) is 17.8. The number of ether oxygens (including phenoxy) is 1. The van der Waals surface area contributed by atoms with Gasteiger partial charge in [0.1, 0.15) is 0 Å². The van der Waals surface area contributed by atoms with E-state index in [4.69, 9.17) is 10.1 Å². The summed E-state index contributed by atoms with van der Waals surface area (Å²) in [5.74, 6) is -0.220. The molecule has 0 atom stereocenters. The summed E-state index contributed by atoms with van der Waals surface area (Å²) in [6.07, 6.45) is 9.63. The smallest absolute Gasteiger partial charge is 0.248 e. The van der Waals surface area contributed by atoms with Gasteiger partial charge in [0, 0.05) is 73.9 Å². The van der Waals surface area contributed by atoms with Crippen molar-refractivity contribution in [1.29, 1.82) is 5.41 Å². The number of allylic oxidation sites excluding steroid dienone is 1. The summed E-state index contributed by atoms with van der Waals surface area (Å²) < 4.78 is 5.38. The maximum absolute atomic E-state index is 12.4. The van der Waals surface area contributed by atoms with Gasteiger partial charge in [-0.15, -0.1) is 0 Å². The molecule has 0 aliphatic carbocycles. The van der Waals surface area contributed by atoms with Crippen LogP contribution in [0.4, 0.5) is 5.69 Å². The van der Waals surface area contributed by atoms with E-state index in [0.29, 0.717) is 0 Å². The average Bonchev–Trinajstić information content (AvgIpc) is 2.81. The zero-order valence-corrected chi connectivity index (χ0v) is 17.8. The van der Waals surface area contributed by atoms with Gasteiger partial charge in [-0.1, -0.05) is 12.1 Å². The molecule has 1 aromatic carbocycles. The minimum absolute atomic E-state index is 0.220. The van der Waals surface area contributed by atoms with Crippen LogP contribution in [0.25, 0.3) is 11.6 Å². The minimum Gasteiger partial charge on any atom is -0.391 e. The van der Waals surface area contributed by atoms with E-state index in [2.05, 4.69) is 20.5 Å². The molecule has 0 unspecified atom stereocenters. The molecule has 0 saturated carbocycles. The number of morpholine rings is 1. The Hall–Kier alpha value is -3.29. The highest BCUT2D eigenvalue weighted by Crippen LogP contribution is 2.18. The summed E-state index contributed by atoms with van der Waals surface area (Å²) in [6.45, 7) is 7.10. The van der Waals surface area contributed by atoms with E-state index >= 15 is 0 Å². The largest absolute Gasteiger partial charge is 0.391 e. The molecule has 162 valence electrons. The summed E-state index contributed by atoms with van der Waals surface area (Å²) in [7, 11) is 0. The van der Waals surface area contributed by atoms with Crippen molar-refractivity contribution in [2.75, 3.05) is 38.2 Å². The van der Waals surface area contributed by atoms with Crippen LogP contribution in [0.2, 0.25) is 0 Å². The Morgan fingerprint density at radius 1 is 1.23 bits per heavy atom. The third-order valence-corrected chi connectivity index (χ3v) is 4.93. The zero-order chi connectivity index (χ0) is 21.9. The molecule has 3 rings (SSSR count). The van der Waals surface area contributed by atoms with E-state index in [0.717, 1.165) is 61.8 Å². The third-order valence-electron chi connectivity index (χ3n) is 4.93. The van der Waals surface area contributed by atoms with Crippen molar-refractivity contribution in [1.82, 2.24) is 15.2 Å². The van der Waals surface area contributed by atoms with Gasteiger partial charge in [0.25, 0.3) is 0 Å². The van der Waals surface area contributed by atoms with Gasteiger partial charge in [0.05, 0.1) is 13.2 Å². The number of aromatic nitrogens is 1. The highest BCUT2D eigenvalue weighted by molar-refractivity contribution is 6.10. The Morgan fingerprint density at radius 3 is 2.71 bits per heavy atom. The van der Waals surface area contributed by atoms with Crippen LogP contribution < -0.4 is 10.6 Å². The fourth-order valence-corrected chi connectivity index (χ4v) is 3.27. The molecular weight excluding hydrogens is 390 g/mol. The molecule has 0 bridgehead atoms. The fraction of sp³-hybridized carbons (Fsp3) is 0.292. The number of carbonyl (C=O) groups is 1. The van der Waals surface area contributed by atoms with Crippen molar-refractivity contribution in [3.05, 3.63) is 71.7 Å². The van der Waals surface area contributed by atoms with Crippen LogP contribution in [0.5, 0.6) is 0 Å². The van der Waals surface area contributed by atoms with E-state index in [1.165, 1.54) is 17.9 Å². The van der Waals surface area contributed by atoms with Crippen LogP contribution in [-0.4, -0.2) is 54.9 Å². The molecule has 7 heteroatoms. The minimum atomic E-state index is -0.220. The first-order valence-electron chi connectivity index (χ1n) is 10.5. The van der Waals surface area contributed by atoms with Gasteiger partial charge in [-0.3, -0.25) is 14.7 Å². The average molecular weight is 420 g/mol. The maximum Gasteiger partial charge on any atom is 0.248 e. The van der Waals surface area contributed by atoms with Crippen LogP contribution in [0.1, 0.15) is 23.6 Å². The summed E-state index contributed by atoms with van der Waals surface area (Å²) in [5.41, 5.74) is 4.29. The van der Waals surface area contributed by atoms with Crippen molar-refractivity contribution >= 4 is 29.5 Å². The van der Waals surface area contributed by atoms with Crippen molar-refractivity contribution in [3.63, 3.8) is 0 Å². The molecule has 1 aliphatic rings. The van der Waals surface area contributed by atoms with Crippen LogP contribution >= 0.6 is 0 Å². The van der Waals surface area contributed by atoms with Crippen LogP contribution in [0.15, 0.2) is 55.0 Å². The van der Waals surface area contributed by atoms with Crippen LogP contribution in [-0.2, 0) is 16.1 Å². The molecule has 31 heavy (non-hydrogen) atoms. The van der Waals surface area contributed by atoms with Crippen LogP contribution in [0.3, 0.4) is 0 Å². The molecule has 2 aromatic rings. The van der Waals surface area contributed by atoms with Gasteiger partial charge >= 0.3 is 0 Å². The number of anilines is 1. The lowest BCUT2D eigenvalue weighted by atomic mass is 10.0. The van der Waals surface area contributed by atoms with Gasteiger partial charge in [0.15, 0.2) is 0 Å². The predicted molar refractivity (Wildman–Crippen MR) is 125 cm³/mol. The Bertz CT molecular complexity index is 931. The van der Waals surface area contributed by atoms with E-state index in [1.807, 2.05) is 37.3 Å². The van der Waals surface area contributed by atoms with Crippen molar-refractivity contribution < 1.29 is 9.53 Å². The van der Waals surface area contributed by atoms with Gasteiger partial charge < -0.3 is 20.8 Å². The molecule has 3 N–H and O–H groups in total. The molecular formula is C24H29N5O2.